The number of carbonyl (C=O) groups excluding carboxylic acids is 1. The topological polar surface area (TPSA) is 61.6 Å². The van der Waals surface area contributed by atoms with Crippen LogP contribution in [0, 0.1) is 0 Å². The highest BCUT2D eigenvalue weighted by molar-refractivity contribution is 6.34. The molecule has 0 saturated carbocycles. The zero-order chi connectivity index (χ0) is 14.5. The third-order valence-corrected chi connectivity index (χ3v) is 3.76. The zero-order valence-corrected chi connectivity index (χ0v) is 12.5. The molecule has 0 aliphatic carbocycles. The summed E-state index contributed by atoms with van der Waals surface area (Å²) in [7, 11) is 2.11. The molecule has 0 atom stereocenters. The Bertz CT molecular complexity index is 480. The van der Waals surface area contributed by atoms with Crippen LogP contribution in [0.25, 0.3) is 0 Å². The van der Waals surface area contributed by atoms with Gasteiger partial charge in [0, 0.05) is 18.8 Å². The molecule has 20 heavy (non-hydrogen) atoms. The van der Waals surface area contributed by atoms with E-state index in [1.54, 1.807) is 18.2 Å². The molecule has 1 saturated heterocycles. The second-order valence-corrected chi connectivity index (χ2v) is 5.63. The third-order valence-electron chi connectivity index (χ3n) is 3.45. The molecule has 2 rings (SSSR count). The van der Waals surface area contributed by atoms with Crippen molar-refractivity contribution in [3.63, 3.8) is 0 Å². The van der Waals surface area contributed by atoms with Crippen molar-refractivity contribution in [2.24, 2.45) is 0 Å². The summed E-state index contributed by atoms with van der Waals surface area (Å²) in [4.78, 5) is 16.5. The molecule has 1 heterocycles. The standard InChI is InChI=1S/C14H21ClN4O/c1-18-5-2-6-19(8-7-18)10-14(20)17-13-4-3-11(16)9-12(13)15/h3-4,9H,2,5-8,10,16H2,1H3,(H,17,20). The molecule has 1 amide bonds. The highest BCUT2D eigenvalue weighted by atomic mass is 35.5. The molecule has 0 spiro atoms. The van der Waals surface area contributed by atoms with Crippen molar-refractivity contribution in [3.8, 4) is 0 Å². The molecule has 1 aliphatic heterocycles. The summed E-state index contributed by atoms with van der Waals surface area (Å²) in [6.45, 7) is 4.35. The van der Waals surface area contributed by atoms with E-state index < -0.39 is 0 Å². The number of halogens is 1. The van der Waals surface area contributed by atoms with Crippen molar-refractivity contribution < 1.29 is 4.79 Å². The van der Waals surface area contributed by atoms with E-state index in [9.17, 15) is 4.79 Å². The van der Waals surface area contributed by atoms with Gasteiger partial charge in [0.25, 0.3) is 0 Å². The Hall–Kier alpha value is -1.30. The molecule has 0 aromatic heterocycles. The summed E-state index contributed by atoms with van der Waals surface area (Å²) in [5.74, 6) is -0.0405. The molecule has 6 heteroatoms. The van der Waals surface area contributed by atoms with Crippen molar-refractivity contribution in [3.05, 3.63) is 23.2 Å². The normalized spacial score (nSPS) is 17.7. The number of likely N-dealkylation sites (N-methyl/N-ethyl adjacent to an activating group) is 1. The van der Waals surface area contributed by atoms with Crippen molar-refractivity contribution in [2.45, 2.75) is 6.42 Å². The van der Waals surface area contributed by atoms with E-state index in [0.717, 1.165) is 32.6 Å². The van der Waals surface area contributed by atoms with Crippen LogP contribution < -0.4 is 11.1 Å². The van der Waals surface area contributed by atoms with Gasteiger partial charge in [-0.3, -0.25) is 9.69 Å². The largest absolute Gasteiger partial charge is 0.399 e. The lowest BCUT2D eigenvalue weighted by Gasteiger charge is -2.19. The molecule has 0 bridgehead atoms. The van der Waals surface area contributed by atoms with E-state index >= 15 is 0 Å². The maximum atomic E-state index is 12.1. The van der Waals surface area contributed by atoms with Gasteiger partial charge in [0.15, 0.2) is 0 Å². The van der Waals surface area contributed by atoms with Gasteiger partial charge in [0.2, 0.25) is 5.91 Å². The van der Waals surface area contributed by atoms with Crippen molar-refractivity contribution >= 4 is 28.9 Å². The monoisotopic (exact) mass is 296 g/mol. The summed E-state index contributed by atoms with van der Waals surface area (Å²) >= 11 is 6.05. The fourth-order valence-electron chi connectivity index (χ4n) is 2.28. The number of hydrogen-bond donors (Lipinski definition) is 2. The molecule has 1 fully saturated rings. The van der Waals surface area contributed by atoms with Gasteiger partial charge in [-0.15, -0.1) is 0 Å². The van der Waals surface area contributed by atoms with E-state index in [1.807, 2.05) is 0 Å². The minimum atomic E-state index is -0.0405. The number of nitrogens with two attached hydrogens (primary N) is 1. The molecule has 3 N–H and O–H groups in total. The number of benzene rings is 1. The van der Waals surface area contributed by atoms with Gasteiger partial charge >= 0.3 is 0 Å². The number of rotatable bonds is 3. The molecule has 1 aromatic carbocycles. The van der Waals surface area contributed by atoms with Crippen LogP contribution >= 0.6 is 11.6 Å². The molecule has 0 unspecified atom stereocenters. The molecule has 110 valence electrons. The van der Waals surface area contributed by atoms with E-state index in [-0.39, 0.29) is 5.91 Å². The average Bonchev–Trinajstić information content (AvgIpc) is 2.58. The third kappa shape index (κ3) is 4.37. The fourth-order valence-corrected chi connectivity index (χ4v) is 2.52. The Labute approximate surface area is 124 Å². The summed E-state index contributed by atoms with van der Waals surface area (Å²) < 4.78 is 0. The van der Waals surface area contributed by atoms with Gasteiger partial charge in [-0.1, -0.05) is 11.6 Å². The maximum absolute atomic E-state index is 12.1. The van der Waals surface area contributed by atoms with E-state index in [4.69, 9.17) is 17.3 Å². The number of amides is 1. The Morgan fingerprint density at radius 2 is 2.15 bits per heavy atom. The Balaban J connectivity index is 1.88. The Kier molecular flexibility index (Phi) is 5.23. The van der Waals surface area contributed by atoms with Crippen LogP contribution in [0.15, 0.2) is 18.2 Å². The zero-order valence-electron chi connectivity index (χ0n) is 11.7. The summed E-state index contributed by atoms with van der Waals surface area (Å²) in [5.41, 5.74) is 6.82. The van der Waals surface area contributed by atoms with Gasteiger partial charge < -0.3 is 16.0 Å². The van der Waals surface area contributed by atoms with Crippen molar-refractivity contribution in [1.29, 1.82) is 0 Å². The predicted octanol–water partition coefficient (Wildman–Crippen LogP) is 1.50. The first kappa shape index (κ1) is 15.1. The van der Waals surface area contributed by atoms with Gasteiger partial charge in [-0.25, -0.2) is 0 Å². The molecule has 1 aromatic rings. The van der Waals surface area contributed by atoms with Gasteiger partial charge in [0.1, 0.15) is 0 Å². The Morgan fingerprint density at radius 1 is 1.35 bits per heavy atom. The van der Waals surface area contributed by atoms with Crippen molar-refractivity contribution in [2.75, 3.05) is 50.8 Å². The summed E-state index contributed by atoms with van der Waals surface area (Å²) in [6, 6.07) is 5.09. The average molecular weight is 297 g/mol. The van der Waals surface area contributed by atoms with Gasteiger partial charge in [-0.2, -0.15) is 0 Å². The quantitative estimate of drug-likeness (QED) is 0.830. The number of hydrogen-bond acceptors (Lipinski definition) is 4. The lowest BCUT2D eigenvalue weighted by molar-refractivity contribution is -0.117. The second-order valence-electron chi connectivity index (χ2n) is 5.22. The van der Waals surface area contributed by atoms with Crippen LogP contribution in [0.2, 0.25) is 5.02 Å². The number of nitrogen functional groups attached to an aromatic ring is 1. The maximum Gasteiger partial charge on any atom is 0.238 e. The van der Waals surface area contributed by atoms with Crippen LogP contribution in [-0.4, -0.2) is 55.5 Å². The molecule has 0 radical (unpaired) electrons. The van der Waals surface area contributed by atoms with Crippen LogP contribution in [0.4, 0.5) is 11.4 Å². The van der Waals surface area contributed by atoms with Crippen LogP contribution in [0.3, 0.4) is 0 Å². The number of anilines is 2. The van der Waals surface area contributed by atoms with Gasteiger partial charge in [-0.05, 0) is 44.8 Å². The number of nitrogens with zero attached hydrogens (tertiary/aromatic N) is 2. The number of nitrogens with one attached hydrogen (secondary N) is 1. The van der Waals surface area contributed by atoms with E-state index in [0.29, 0.717) is 22.9 Å². The predicted molar refractivity (Wildman–Crippen MR) is 83.0 cm³/mol. The summed E-state index contributed by atoms with van der Waals surface area (Å²) in [6.07, 6.45) is 1.09. The molecule has 5 nitrogen and oxygen atoms in total. The second kappa shape index (κ2) is 6.92. The van der Waals surface area contributed by atoms with Crippen LogP contribution in [0.1, 0.15) is 6.42 Å². The first-order valence-corrected chi connectivity index (χ1v) is 7.18. The lowest BCUT2D eigenvalue weighted by Crippen LogP contribution is -2.35. The first-order valence-electron chi connectivity index (χ1n) is 6.80. The van der Waals surface area contributed by atoms with E-state index in [2.05, 4.69) is 22.2 Å². The number of carbonyl (C=O) groups is 1. The smallest absolute Gasteiger partial charge is 0.238 e. The fraction of sp³-hybridized carbons (Fsp3) is 0.500. The summed E-state index contributed by atoms with van der Waals surface area (Å²) in [5, 5.41) is 3.30. The Morgan fingerprint density at radius 3 is 2.90 bits per heavy atom. The van der Waals surface area contributed by atoms with E-state index in [1.165, 1.54) is 0 Å². The molecular formula is C14H21ClN4O. The van der Waals surface area contributed by atoms with Gasteiger partial charge in [0.05, 0.1) is 17.3 Å². The molecular weight excluding hydrogens is 276 g/mol. The molecule has 1 aliphatic rings. The minimum absolute atomic E-state index is 0.0405. The minimum Gasteiger partial charge on any atom is -0.399 e. The highest BCUT2D eigenvalue weighted by Crippen LogP contribution is 2.23. The van der Waals surface area contributed by atoms with Crippen LogP contribution in [0.5, 0.6) is 0 Å². The SMILES string of the molecule is CN1CCCN(CC(=O)Nc2ccc(N)cc2Cl)CC1. The van der Waals surface area contributed by atoms with Crippen LogP contribution in [-0.2, 0) is 4.79 Å². The van der Waals surface area contributed by atoms with Crippen molar-refractivity contribution in [1.82, 2.24) is 9.80 Å². The highest BCUT2D eigenvalue weighted by Gasteiger charge is 2.15. The first-order chi connectivity index (χ1) is 9.54. The lowest BCUT2D eigenvalue weighted by atomic mass is 10.3.